The fourth-order valence-corrected chi connectivity index (χ4v) is 2.70. The zero-order valence-electron chi connectivity index (χ0n) is 12.2. The molecule has 2 heterocycles. The molecule has 6 nitrogen and oxygen atoms in total. The highest BCUT2D eigenvalue weighted by Gasteiger charge is 2.11. The number of nitrogens with one attached hydrogen (secondary N) is 3. The fraction of sp³-hybridized carbons (Fsp3) is 0.615. The highest BCUT2D eigenvalue weighted by atomic mass is 32.2. The number of aromatic nitrogens is 4. The minimum atomic E-state index is 0.372. The van der Waals surface area contributed by atoms with Crippen molar-refractivity contribution in [2.24, 2.45) is 0 Å². The Labute approximate surface area is 123 Å². The second-order valence-electron chi connectivity index (χ2n) is 4.59. The van der Waals surface area contributed by atoms with Crippen LogP contribution in [0.2, 0.25) is 0 Å². The van der Waals surface area contributed by atoms with E-state index >= 15 is 0 Å². The number of fused-ring (bicyclic) bond motifs is 1. The van der Waals surface area contributed by atoms with Crippen LogP contribution in [0.15, 0.2) is 6.20 Å². The number of hydrogen-bond donors (Lipinski definition) is 3. The molecule has 0 spiro atoms. The van der Waals surface area contributed by atoms with Crippen LogP contribution in [0.4, 0.5) is 11.8 Å². The highest BCUT2D eigenvalue weighted by molar-refractivity contribution is 7.99. The van der Waals surface area contributed by atoms with Gasteiger partial charge in [-0.15, -0.1) is 0 Å². The number of hydrogen-bond acceptors (Lipinski definition) is 6. The summed E-state index contributed by atoms with van der Waals surface area (Å²) in [6.45, 7) is 7.18. The van der Waals surface area contributed by atoms with Crippen molar-refractivity contribution in [2.75, 3.05) is 28.7 Å². The summed E-state index contributed by atoms with van der Waals surface area (Å²) in [5.41, 5.74) is 0.758. The standard InChI is InChI=1S/C13H22N6S/c1-4-14-13-17-11(10-8-15-19-12(10)18-13)16-9(3)6-7-20-5-2/h8-9H,4-7H2,1-3H3,(H3,14,15,16,17,18,19). The van der Waals surface area contributed by atoms with E-state index in [1.54, 1.807) is 6.20 Å². The topological polar surface area (TPSA) is 78.5 Å². The van der Waals surface area contributed by atoms with Gasteiger partial charge in [-0.1, -0.05) is 6.92 Å². The molecular formula is C13H22N6S. The Hall–Kier alpha value is -1.50. The molecule has 3 N–H and O–H groups in total. The summed E-state index contributed by atoms with van der Waals surface area (Å²) in [4.78, 5) is 8.91. The lowest BCUT2D eigenvalue weighted by Crippen LogP contribution is -2.18. The van der Waals surface area contributed by atoms with E-state index in [2.05, 4.69) is 44.6 Å². The van der Waals surface area contributed by atoms with Gasteiger partial charge in [0, 0.05) is 12.6 Å². The van der Waals surface area contributed by atoms with E-state index in [4.69, 9.17) is 0 Å². The van der Waals surface area contributed by atoms with Gasteiger partial charge >= 0.3 is 0 Å². The first kappa shape index (κ1) is 14.9. The molecule has 2 aromatic rings. The lowest BCUT2D eigenvalue weighted by atomic mass is 10.2. The Morgan fingerprint density at radius 2 is 2.20 bits per heavy atom. The van der Waals surface area contributed by atoms with Crippen molar-refractivity contribution in [3.8, 4) is 0 Å². The van der Waals surface area contributed by atoms with Crippen LogP contribution in [0.5, 0.6) is 0 Å². The van der Waals surface area contributed by atoms with Crippen LogP contribution in [0.3, 0.4) is 0 Å². The summed E-state index contributed by atoms with van der Waals surface area (Å²) in [6, 6.07) is 0.372. The Bertz CT molecular complexity index is 541. The third-order valence-electron chi connectivity index (χ3n) is 2.93. The lowest BCUT2D eigenvalue weighted by molar-refractivity contribution is 0.767. The molecule has 1 unspecified atom stereocenters. The van der Waals surface area contributed by atoms with Crippen molar-refractivity contribution in [1.29, 1.82) is 0 Å². The van der Waals surface area contributed by atoms with Crippen molar-refractivity contribution in [2.45, 2.75) is 33.2 Å². The van der Waals surface area contributed by atoms with Gasteiger partial charge in [-0.3, -0.25) is 5.10 Å². The highest BCUT2D eigenvalue weighted by Crippen LogP contribution is 2.21. The minimum absolute atomic E-state index is 0.372. The van der Waals surface area contributed by atoms with Crippen LogP contribution in [-0.2, 0) is 0 Å². The van der Waals surface area contributed by atoms with E-state index in [9.17, 15) is 0 Å². The smallest absolute Gasteiger partial charge is 0.226 e. The van der Waals surface area contributed by atoms with Gasteiger partial charge in [0.15, 0.2) is 5.65 Å². The third kappa shape index (κ3) is 3.75. The number of anilines is 2. The summed E-state index contributed by atoms with van der Waals surface area (Å²) >= 11 is 1.96. The van der Waals surface area contributed by atoms with Crippen LogP contribution in [0.1, 0.15) is 27.2 Å². The predicted molar refractivity (Wildman–Crippen MR) is 86.5 cm³/mol. The van der Waals surface area contributed by atoms with Gasteiger partial charge < -0.3 is 10.6 Å². The molecule has 2 aromatic heterocycles. The Morgan fingerprint density at radius 1 is 1.35 bits per heavy atom. The van der Waals surface area contributed by atoms with E-state index in [0.29, 0.717) is 12.0 Å². The van der Waals surface area contributed by atoms with Crippen molar-refractivity contribution >= 4 is 34.6 Å². The molecule has 20 heavy (non-hydrogen) atoms. The largest absolute Gasteiger partial charge is 0.367 e. The summed E-state index contributed by atoms with van der Waals surface area (Å²) in [5.74, 6) is 3.79. The number of thioether (sulfide) groups is 1. The summed E-state index contributed by atoms with van der Waals surface area (Å²) in [6.07, 6.45) is 2.87. The molecule has 0 radical (unpaired) electrons. The van der Waals surface area contributed by atoms with E-state index in [1.165, 1.54) is 0 Å². The van der Waals surface area contributed by atoms with Gasteiger partial charge in [-0.05, 0) is 31.8 Å². The van der Waals surface area contributed by atoms with Crippen LogP contribution < -0.4 is 10.6 Å². The summed E-state index contributed by atoms with van der Waals surface area (Å²) in [7, 11) is 0. The first-order valence-corrected chi connectivity index (χ1v) is 8.19. The SMILES string of the molecule is CCNc1nc(NC(C)CCSCC)c2cn[nH]c2n1. The van der Waals surface area contributed by atoms with Crippen molar-refractivity contribution < 1.29 is 0 Å². The van der Waals surface area contributed by atoms with E-state index < -0.39 is 0 Å². The lowest BCUT2D eigenvalue weighted by Gasteiger charge is -2.15. The van der Waals surface area contributed by atoms with Gasteiger partial charge in [0.05, 0.1) is 11.6 Å². The first-order valence-electron chi connectivity index (χ1n) is 7.03. The second kappa shape index (κ2) is 7.33. The van der Waals surface area contributed by atoms with Crippen LogP contribution in [0.25, 0.3) is 11.0 Å². The molecule has 0 saturated heterocycles. The van der Waals surface area contributed by atoms with Gasteiger partial charge in [0.1, 0.15) is 5.82 Å². The number of nitrogens with zero attached hydrogens (tertiary/aromatic N) is 3. The number of H-pyrrole nitrogens is 1. The molecule has 0 fully saturated rings. The predicted octanol–water partition coefficient (Wildman–Crippen LogP) is 2.73. The van der Waals surface area contributed by atoms with Crippen LogP contribution in [0, 0.1) is 0 Å². The maximum absolute atomic E-state index is 4.53. The Balaban J connectivity index is 2.12. The molecule has 1 atom stereocenters. The molecular weight excluding hydrogens is 272 g/mol. The quantitative estimate of drug-likeness (QED) is 0.650. The molecule has 0 aliphatic carbocycles. The zero-order valence-corrected chi connectivity index (χ0v) is 13.0. The van der Waals surface area contributed by atoms with Crippen molar-refractivity contribution in [3.63, 3.8) is 0 Å². The monoisotopic (exact) mass is 294 g/mol. The zero-order chi connectivity index (χ0) is 14.4. The van der Waals surface area contributed by atoms with E-state index in [-0.39, 0.29) is 0 Å². The molecule has 110 valence electrons. The third-order valence-corrected chi connectivity index (χ3v) is 3.86. The Morgan fingerprint density at radius 3 is 2.95 bits per heavy atom. The summed E-state index contributed by atoms with van der Waals surface area (Å²) < 4.78 is 0. The molecule has 0 amide bonds. The first-order chi connectivity index (χ1) is 9.74. The Kier molecular flexibility index (Phi) is 5.46. The average Bonchev–Trinajstić information content (AvgIpc) is 2.88. The van der Waals surface area contributed by atoms with E-state index in [0.717, 1.165) is 41.3 Å². The van der Waals surface area contributed by atoms with Crippen LogP contribution in [-0.4, -0.2) is 44.3 Å². The molecule has 0 aromatic carbocycles. The molecule has 0 saturated carbocycles. The number of aromatic amines is 1. The number of rotatable bonds is 8. The van der Waals surface area contributed by atoms with Gasteiger partial charge in [0.25, 0.3) is 0 Å². The van der Waals surface area contributed by atoms with Crippen molar-refractivity contribution in [1.82, 2.24) is 20.2 Å². The molecule has 0 bridgehead atoms. The van der Waals surface area contributed by atoms with Gasteiger partial charge in [0.2, 0.25) is 5.95 Å². The van der Waals surface area contributed by atoms with Gasteiger partial charge in [-0.25, -0.2) is 0 Å². The maximum Gasteiger partial charge on any atom is 0.226 e. The van der Waals surface area contributed by atoms with Crippen LogP contribution >= 0.6 is 11.8 Å². The fourth-order valence-electron chi connectivity index (χ4n) is 1.89. The normalized spacial score (nSPS) is 12.6. The summed E-state index contributed by atoms with van der Waals surface area (Å²) in [5, 5.41) is 14.5. The van der Waals surface area contributed by atoms with Gasteiger partial charge in [-0.2, -0.15) is 26.8 Å². The second-order valence-corrected chi connectivity index (χ2v) is 5.98. The molecule has 0 aliphatic rings. The molecule has 7 heteroatoms. The molecule has 2 rings (SSSR count). The molecule has 0 aliphatic heterocycles. The minimum Gasteiger partial charge on any atom is -0.367 e. The van der Waals surface area contributed by atoms with E-state index in [1.807, 2.05) is 18.7 Å². The van der Waals surface area contributed by atoms with Crippen molar-refractivity contribution in [3.05, 3.63) is 6.20 Å². The maximum atomic E-state index is 4.53. The average molecular weight is 294 g/mol.